The summed E-state index contributed by atoms with van der Waals surface area (Å²) in [6.45, 7) is 3.00. The molecule has 4 heteroatoms. The Balaban J connectivity index is 1.84. The van der Waals surface area contributed by atoms with Crippen LogP contribution >= 0.6 is 0 Å². The van der Waals surface area contributed by atoms with E-state index in [2.05, 4.69) is 18.3 Å². The molecule has 2 aliphatic heterocycles. The lowest BCUT2D eigenvalue weighted by atomic mass is 9.91. The Kier molecular flexibility index (Phi) is 3.76. The van der Waals surface area contributed by atoms with Crippen molar-refractivity contribution in [1.29, 1.82) is 0 Å². The molecule has 2 aliphatic rings. The van der Waals surface area contributed by atoms with Gasteiger partial charge in [0.1, 0.15) is 0 Å². The summed E-state index contributed by atoms with van der Waals surface area (Å²) in [6.07, 6.45) is 3.61. The highest BCUT2D eigenvalue weighted by atomic mass is 16.5. The Labute approximate surface area is 119 Å². The fourth-order valence-electron chi connectivity index (χ4n) is 3.17. The molecule has 0 aromatic heterocycles. The number of nitrogens with one attached hydrogen (secondary N) is 1. The molecule has 0 aliphatic carbocycles. The first-order chi connectivity index (χ1) is 9.65. The zero-order valence-electron chi connectivity index (χ0n) is 11.9. The molecule has 1 aromatic carbocycles. The summed E-state index contributed by atoms with van der Waals surface area (Å²) in [5.41, 5.74) is 9.61. The monoisotopic (exact) mass is 274 g/mol. The van der Waals surface area contributed by atoms with Gasteiger partial charge >= 0.3 is 0 Å². The minimum Gasteiger partial charge on any atom is -0.376 e. The van der Waals surface area contributed by atoms with E-state index in [1.807, 2.05) is 12.1 Å². The molecule has 3 rings (SSSR count). The molecule has 20 heavy (non-hydrogen) atoms. The molecule has 3 atom stereocenters. The largest absolute Gasteiger partial charge is 0.376 e. The lowest BCUT2D eigenvalue weighted by Crippen LogP contribution is -2.30. The fraction of sp³-hybridized carbons (Fsp3) is 0.562. The second kappa shape index (κ2) is 5.54. The first kappa shape index (κ1) is 13.6. The van der Waals surface area contributed by atoms with Crippen molar-refractivity contribution in [3.63, 3.8) is 0 Å². The lowest BCUT2D eigenvalue weighted by Gasteiger charge is -2.23. The average molecular weight is 274 g/mol. The molecule has 0 spiro atoms. The van der Waals surface area contributed by atoms with Crippen molar-refractivity contribution in [2.24, 2.45) is 11.7 Å². The van der Waals surface area contributed by atoms with E-state index in [0.29, 0.717) is 12.3 Å². The van der Waals surface area contributed by atoms with Gasteiger partial charge in [0.2, 0.25) is 5.91 Å². The van der Waals surface area contributed by atoms with Crippen LogP contribution in [0.2, 0.25) is 0 Å². The van der Waals surface area contributed by atoms with E-state index in [9.17, 15) is 4.79 Å². The topological polar surface area (TPSA) is 64.3 Å². The van der Waals surface area contributed by atoms with Crippen LogP contribution in [0.3, 0.4) is 0 Å². The molecular weight excluding hydrogens is 252 g/mol. The zero-order valence-corrected chi connectivity index (χ0v) is 11.9. The second-order valence-corrected chi connectivity index (χ2v) is 5.95. The molecular formula is C16H22N2O2. The first-order valence-electron chi connectivity index (χ1n) is 7.45. The van der Waals surface area contributed by atoms with Gasteiger partial charge in [0, 0.05) is 18.7 Å². The maximum absolute atomic E-state index is 11.6. The molecule has 3 unspecified atom stereocenters. The summed E-state index contributed by atoms with van der Waals surface area (Å²) in [6, 6.07) is 6.05. The van der Waals surface area contributed by atoms with Crippen LogP contribution in [-0.4, -0.2) is 18.6 Å². The molecule has 1 fully saturated rings. The third-order valence-corrected chi connectivity index (χ3v) is 4.44. The minimum absolute atomic E-state index is 0.0863. The summed E-state index contributed by atoms with van der Waals surface area (Å²) >= 11 is 0. The standard InChI is InChI=1S/C16H22N2O2/c1-10-7-8-20-16(10)15(17)12-5-6-13-11(9-12)3-2-4-14(19)18-13/h5-6,9-10,15-16H,2-4,7-8,17H2,1H3,(H,18,19). The normalized spacial score (nSPS) is 27.6. The summed E-state index contributed by atoms with van der Waals surface area (Å²) in [4.78, 5) is 11.6. The highest BCUT2D eigenvalue weighted by Gasteiger charge is 2.31. The minimum atomic E-state index is -0.0863. The number of anilines is 1. The summed E-state index contributed by atoms with van der Waals surface area (Å²) in [7, 11) is 0. The Bertz CT molecular complexity index is 515. The van der Waals surface area contributed by atoms with E-state index in [4.69, 9.17) is 10.5 Å². The number of amides is 1. The van der Waals surface area contributed by atoms with Gasteiger partial charge in [0.05, 0.1) is 12.1 Å². The molecule has 0 bridgehead atoms. The Morgan fingerprint density at radius 1 is 1.40 bits per heavy atom. The summed E-state index contributed by atoms with van der Waals surface area (Å²) < 4.78 is 5.77. The van der Waals surface area contributed by atoms with Crippen LogP contribution in [0.5, 0.6) is 0 Å². The van der Waals surface area contributed by atoms with E-state index in [-0.39, 0.29) is 18.1 Å². The molecule has 1 aromatic rings. The number of rotatable bonds is 2. The highest BCUT2D eigenvalue weighted by Crippen LogP contribution is 2.32. The van der Waals surface area contributed by atoms with Gasteiger partial charge in [-0.1, -0.05) is 19.1 Å². The predicted octanol–water partition coefficient (Wildman–Crippen LogP) is 2.39. The van der Waals surface area contributed by atoms with Crippen LogP contribution in [0, 0.1) is 5.92 Å². The Hall–Kier alpha value is -1.39. The maximum Gasteiger partial charge on any atom is 0.224 e. The van der Waals surface area contributed by atoms with Crippen LogP contribution in [0.25, 0.3) is 0 Å². The van der Waals surface area contributed by atoms with Crippen LogP contribution < -0.4 is 11.1 Å². The molecule has 0 saturated carbocycles. The van der Waals surface area contributed by atoms with Crippen molar-refractivity contribution in [3.8, 4) is 0 Å². The van der Waals surface area contributed by atoms with Gasteiger partial charge in [0.15, 0.2) is 0 Å². The van der Waals surface area contributed by atoms with Crippen molar-refractivity contribution in [2.75, 3.05) is 11.9 Å². The summed E-state index contributed by atoms with van der Waals surface area (Å²) in [5.74, 6) is 0.608. The predicted molar refractivity (Wildman–Crippen MR) is 78.5 cm³/mol. The average Bonchev–Trinajstić information content (AvgIpc) is 2.76. The van der Waals surface area contributed by atoms with Crippen molar-refractivity contribution in [3.05, 3.63) is 29.3 Å². The Morgan fingerprint density at radius 3 is 3.00 bits per heavy atom. The van der Waals surface area contributed by atoms with Crippen LogP contribution in [-0.2, 0) is 16.0 Å². The summed E-state index contributed by atoms with van der Waals surface area (Å²) in [5, 5.41) is 2.96. The van der Waals surface area contributed by atoms with E-state index < -0.39 is 0 Å². The first-order valence-corrected chi connectivity index (χ1v) is 7.45. The van der Waals surface area contributed by atoms with Crippen molar-refractivity contribution in [2.45, 2.75) is 44.8 Å². The number of ether oxygens (including phenoxy) is 1. The van der Waals surface area contributed by atoms with Gasteiger partial charge in [-0.2, -0.15) is 0 Å². The molecule has 2 heterocycles. The molecule has 0 radical (unpaired) electrons. The van der Waals surface area contributed by atoms with Gasteiger partial charge in [-0.25, -0.2) is 0 Å². The number of hydrogen-bond donors (Lipinski definition) is 2. The van der Waals surface area contributed by atoms with Crippen LogP contribution in [0.1, 0.15) is 43.4 Å². The number of nitrogens with two attached hydrogens (primary N) is 1. The van der Waals surface area contributed by atoms with E-state index in [1.54, 1.807) is 0 Å². The van der Waals surface area contributed by atoms with Crippen molar-refractivity contribution < 1.29 is 9.53 Å². The van der Waals surface area contributed by atoms with Gasteiger partial charge in [-0.05, 0) is 42.4 Å². The van der Waals surface area contributed by atoms with E-state index >= 15 is 0 Å². The lowest BCUT2D eigenvalue weighted by molar-refractivity contribution is -0.116. The van der Waals surface area contributed by atoms with Crippen LogP contribution in [0.4, 0.5) is 5.69 Å². The van der Waals surface area contributed by atoms with Crippen LogP contribution in [0.15, 0.2) is 18.2 Å². The second-order valence-electron chi connectivity index (χ2n) is 5.95. The van der Waals surface area contributed by atoms with Gasteiger partial charge in [0.25, 0.3) is 0 Å². The molecule has 4 nitrogen and oxygen atoms in total. The van der Waals surface area contributed by atoms with E-state index in [1.165, 1.54) is 5.56 Å². The SMILES string of the molecule is CC1CCOC1C(N)c1ccc2c(c1)CCCC(=O)N2. The maximum atomic E-state index is 11.6. The van der Waals surface area contributed by atoms with E-state index in [0.717, 1.165) is 37.1 Å². The fourth-order valence-corrected chi connectivity index (χ4v) is 3.17. The number of carbonyl (C=O) groups excluding carboxylic acids is 1. The third kappa shape index (κ3) is 2.58. The number of aryl methyl sites for hydroxylation is 1. The van der Waals surface area contributed by atoms with Gasteiger partial charge < -0.3 is 15.8 Å². The number of fused-ring (bicyclic) bond motifs is 1. The highest BCUT2D eigenvalue weighted by molar-refractivity contribution is 5.92. The quantitative estimate of drug-likeness (QED) is 0.870. The van der Waals surface area contributed by atoms with Gasteiger partial charge in [-0.15, -0.1) is 0 Å². The van der Waals surface area contributed by atoms with Crippen molar-refractivity contribution >= 4 is 11.6 Å². The molecule has 108 valence electrons. The zero-order chi connectivity index (χ0) is 14.1. The Morgan fingerprint density at radius 2 is 2.25 bits per heavy atom. The molecule has 1 saturated heterocycles. The molecule has 1 amide bonds. The number of hydrogen-bond acceptors (Lipinski definition) is 3. The third-order valence-electron chi connectivity index (χ3n) is 4.44. The van der Waals surface area contributed by atoms with Gasteiger partial charge in [-0.3, -0.25) is 4.79 Å². The smallest absolute Gasteiger partial charge is 0.224 e. The molecule has 3 N–H and O–H groups in total. The van der Waals surface area contributed by atoms with Crippen molar-refractivity contribution in [1.82, 2.24) is 0 Å². The number of benzene rings is 1. The number of carbonyl (C=O) groups is 1.